The van der Waals surface area contributed by atoms with Gasteiger partial charge in [0.2, 0.25) is 0 Å². The molecule has 1 aliphatic rings. The third-order valence-electron chi connectivity index (χ3n) is 4.38. The summed E-state index contributed by atoms with van der Waals surface area (Å²) in [6.45, 7) is 5.34. The highest BCUT2D eigenvalue weighted by Gasteiger charge is 2.40. The molecule has 1 N–H and O–H groups in total. The summed E-state index contributed by atoms with van der Waals surface area (Å²) in [5.41, 5.74) is 7.69. The molecule has 0 heterocycles. The van der Waals surface area contributed by atoms with Crippen LogP contribution in [-0.2, 0) is 9.53 Å². The molecule has 0 amide bonds. The number of esters is 1. The summed E-state index contributed by atoms with van der Waals surface area (Å²) >= 11 is 0. The standard InChI is InChI=1S/C14H26N4O2/c1-11(2)12-5-4-7-14(8-6-12,13(19)20-3)16-9-10-17-18-15/h11-12,16H,4-10H2,1-3H3. The van der Waals surface area contributed by atoms with E-state index in [4.69, 9.17) is 10.3 Å². The van der Waals surface area contributed by atoms with E-state index in [2.05, 4.69) is 29.2 Å². The molecular weight excluding hydrogens is 256 g/mol. The Labute approximate surface area is 120 Å². The summed E-state index contributed by atoms with van der Waals surface area (Å²) in [5.74, 6) is 1.12. The highest BCUT2D eigenvalue weighted by Crippen LogP contribution is 2.34. The fourth-order valence-electron chi connectivity index (χ4n) is 3.07. The van der Waals surface area contributed by atoms with E-state index in [0.29, 0.717) is 24.9 Å². The van der Waals surface area contributed by atoms with Crippen LogP contribution in [0, 0.1) is 11.8 Å². The molecule has 0 bridgehead atoms. The topological polar surface area (TPSA) is 87.1 Å². The Hall–Kier alpha value is -1.26. The lowest BCUT2D eigenvalue weighted by atomic mass is 9.86. The maximum Gasteiger partial charge on any atom is 0.326 e. The fraction of sp³-hybridized carbons (Fsp3) is 0.929. The first-order valence-electron chi connectivity index (χ1n) is 7.40. The highest BCUT2D eigenvalue weighted by molar-refractivity contribution is 5.80. The third-order valence-corrected chi connectivity index (χ3v) is 4.38. The van der Waals surface area contributed by atoms with Crippen molar-refractivity contribution in [1.82, 2.24) is 5.32 Å². The number of hydrogen-bond acceptors (Lipinski definition) is 4. The van der Waals surface area contributed by atoms with E-state index in [0.717, 1.165) is 32.1 Å². The van der Waals surface area contributed by atoms with E-state index in [1.807, 2.05) is 0 Å². The zero-order chi connectivity index (χ0) is 15.0. The van der Waals surface area contributed by atoms with E-state index in [-0.39, 0.29) is 5.97 Å². The number of methoxy groups -OCH3 is 1. The summed E-state index contributed by atoms with van der Waals surface area (Å²) in [4.78, 5) is 14.9. The molecule has 114 valence electrons. The molecular formula is C14H26N4O2. The molecule has 0 aromatic heterocycles. The third kappa shape index (κ3) is 4.39. The second-order valence-electron chi connectivity index (χ2n) is 5.89. The second kappa shape index (κ2) is 8.12. The van der Waals surface area contributed by atoms with Crippen LogP contribution < -0.4 is 5.32 Å². The first kappa shape index (κ1) is 16.8. The van der Waals surface area contributed by atoms with E-state index in [9.17, 15) is 4.79 Å². The Morgan fingerprint density at radius 1 is 1.50 bits per heavy atom. The molecule has 2 unspecified atom stereocenters. The Balaban J connectivity index is 2.72. The molecule has 0 aliphatic heterocycles. The van der Waals surface area contributed by atoms with Gasteiger partial charge in [-0.25, -0.2) is 0 Å². The van der Waals surface area contributed by atoms with Gasteiger partial charge in [-0.15, -0.1) is 0 Å². The van der Waals surface area contributed by atoms with E-state index >= 15 is 0 Å². The lowest BCUT2D eigenvalue weighted by Crippen LogP contribution is -2.53. The van der Waals surface area contributed by atoms with Crippen LogP contribution in [0.2, 0.25) is 0 Å². The normalized spacial score (nSPS) is 26.7. The number of ether oxygens (including phenoxy) is 1. The van der Waals surface area contributed by atoms with Crippen LogP contribution in [0.25, 0.3) is 10.4 Å². The van der Waals surface area contributed by atoms with Crippen molar-refractivity contribution in [1.29, 1.82) is 0 Å². The van der Waals surface area contributed by atoms with Crippen LogP contribution in [0.3, 0.4) is 0 Å². The molecule has 0 radical (unpaired) electrons. The Morgan fingerprint density at radius 2 is 2.25 bits per heavy atom. The van der Waals surface area contributed by atoms with Crippen molar-refractivity contribution in [3.8, 4) is 0 Å². The van der Waals surface area contributed by atoms with Gasteiger partial charge in [-0.3, -0.25) is 4.79 Å². The van der Waals surface area contributed by atoms with Gasteiger partial charge in [-0.2, -0.15) is 0 Å². The molecule has 1 aliphatic carbocycles. The first-order chi connectivity index (χ1) is 9.55. The zero-order valence-electron chi connectivity index (χ0n) is 12.8. The van der Waals surface area contributed by atoms with Gasteiger partial charge in [-0.05, 0) is 36.6 Å². The average Bonchev–Trinajstić information content (AvgIpc) is 2.66. The summed E-state index contributed by atoms with van der Waals surface area (Å²) in [5, 5.41) is 6.79. The van der Waals surface area contributed by atoms with Crippen molar-refractivity contribution in [2.45, 2.75) is 51.5 Å². The van der Waals surface area contributed by atoms with Crippen LogP contribution in [0.1, 0.15) is 46.0 Å². The molecule has 1 saturated carbocycles. The number of carbonyl (C=O) groups excluding carboxylic acids is 1. The number of rotatable bonds is 6. The van der Waals surface area contributed by atoms with Crippen LogP contribution in [0.15, 0.2) is 5.11 Å². The predicted molar refractivity (Wildman–Crippen MR) is 78.2 cm³/mol. The number of nitrogens with one attached hydrogen (secondary N) is 1. The van der Waals surface area contributed by atoms with Crippen molar-refractivity contribution in [3.05, 3.63) is 10.4 Å². The molecule has 6 nitrogen and oxygen atoms in total. The van der Waals surface area contributed by atoms with E-state index in [1.54, 1.807) is 0 Å². The van der Waals surface area contributed by atoms with Crippen LogP contribution >= 0.6 is 0 Å². The molecule has 0 saturated heterocycles. The van der Waals surface area contributed by atoms with Crippen molar-refractivity contribution >= 4 is 5.97 Å². The largest absolute Gasteiger partial charge is 0.468 e. The minimum atomic E-state index is -0.608. The summed E-state index contributed by atoms with van der Waals surface area (Å²) in [6, 6.07) is 0. The van der Waals surface area contributed by atoms with Crippen molar-refractivity contribution in [2.75, 3.05) is 20.2 Å². The highest BCUT2D eigenvalue weighted by atomic mass is 16.5. The lowest BCUT2D eigenvalue weighted by Gasteiger charge is -2.31. The summed E-state index contributed by atoms with van der Waals surface area (Å²) < 4.78 is 5.00. The van der Waals surface area contributed by atoms with Gasteiger partial charge in [0, 0.05) is 18.0 Å². The molecule has 0 spiro atoms. The molecule has 1 rings (SSSR count). The van der Waals surface area contributed by atoms with Gasteiger partial charge < -0.3 is 10.1 Å². The van der Waals surface area contributed by atoms with Gasteiger partial charge in [-0.1, -0.05) is 31.8 Å². The van der Waals surface area contributed by atoms with Gasteiger partial charge in [0.05, 0.1) is 7.11 Å². The molecule has 20 heavy (non-hydrogen) atoms. The van der Waals surface area contributed by atoms with Crippen LogP contribution in [0.4, 0.5) is 0 Å². The van der Waals surface area contributed by atoms with E-state index in [1.165, 1.54) is 7.11 Å². The summed E-state index contributed by atoms with van der Waals surface area (Å²) in [7, 11) is 1.43. The van der Waals surface area contributed by atoms with Gasteiger partial charge in [0.15, 0.2) is 0 Å². The molecule has 0 aromatic carbocycles. The van der Waals surface area contributed by atoms with Crippen LogP contribution in [-0.4, -0.2) is 31.7 Å². The number of nitrogens with zero attached hydrogens (tertiary/aromatic N) is 3. The van der Waals surface area contributed by atoms with Gasteiger partial charge in [0.1, 0.15) is 5.54 Å². The average molecular weight is 282 g/mol. The number of carbonyl (C=O) groups is 1. The van der Waals surface area contributed by atoms with Gasteiger partial charge >= 0.3 is 5.97 Å². The minimum Gasteiger partial charge on any atom is -0.468 e. The SMILES string of the molecule is COC(=O)C1(NCCN=[N+]=[N-])CCCC(C(C)C)CC1. The monoisotopic (exact) mass is 282 g/mol. The number of hydrogen-bond donors (Lipinski definition) is 1. The van der Waals surface area contributed by atoms with E-state index < -0.39 is 5.54 Å². The quantitative estimate of drug-likeness (QED) is 0.203. The van der Waals surface area contributed by atoms with Gasteiger partial charge in [0.25, 0.3) is 0 Å². The zero-order valence-corrected chi connectivity index (χ0v) is 12.8. The van der Waals surface area contributed by atoms with Crippen molar-refractivity contribution in [2.24, 2.45) is 17.0 Å². The maximum absolute atomic E-state index is 12.2. The molecule has 6 heteroatoms. The second-order valence-corrected chi connectivity index (χ2v) is 5.89. The maximum atomic E-state index is 12.2. The predicted octanol–water partition coefficient (Wildman–Crippen LogP) is 3.03. The Kier molecular flexibility index (Phi) is 6.82. The summed E-state index contributed by atoms with van der Waals surface area (Å²) in [6.07, 6.45) is 4.79. The molecule has 2 atom stereocenters. The fourth-order valence-corrected chi connectivity index (χ4v) is 3.07. The lowest BCUT2D eigenvalue weighted by molar-refractivity contribution is -0.149. The van der Waals surface area contributed by atoms with Crippen molar-refractivity contribution < 1.29 is 9.53 Å². The smallest absolute Gasteiger partial charge is 0.326 e. The first-order valence-corrected chi connectivity index (χ1v) is 7.40. The van der Waals surface area contributed by atoms with Crippen molar-refractivity contribution in [3.63, 3.8) is 0 Å². The number of azide groups is 1. The molecule has 1 fully saturated rings. The Bertz CT molecular complexity index is 366. The van der Waals surface area contributed by atoms with Crippen LogP contribution in [0.5, 0.6) is 0 Å². The minimum absolute atomic E-state index is 0.192. The molecule has 0 aromatic rings. The Morgan fingerprint density at radius 3 is 2.85 bits per heavy atom.